The van der Waals surface area contributed by atoms with E-state index in [1.165, 1.54) is 16.7 Å². The summed E-state index contributed by atoms with van der Waals surface area (Å²) < 4.78 is 11.8. The van der Waals surface area contributed by atoms with Crippen LogP contribution in [0.1, 0.15) is 24.0 Å². The highest BCUT2D eigenvalue weighted by Gasteiger charge is 2.62. The number of likely N-dealkylation sites (N-methyl/N-ethyl adjacent to an activating group) is 1. The Morgan fingerprint density at radius 3 is 3.00 bits per heavy atom. The summed E-state index contributed by atoms with van der Waals surface area (Å²) in [5.41, 5.74) is 4.00. The summed E-state index contributed by atoms with van der Waals surface area (Å²) in [6.45, 7) is 1.05. The van der Waals surface area contributed by atoms with Crippen LogP contribution in [-0.4, -0.2) is 49.0 Å². The van der Waals surface area contributed by atoms with Gasteiger partial charge in [0.05, 0.1) is 18.6 Å². The van der Waals surface area contributed by atoms with E-state index in [-0.39, 0.29) is 28.5 Å². The highest BCUT2D eigenvalue weighted by atomic mass is 79.9. The molecule has 4 atom stereocenters. The Bertz CT molecular complexity index is 704. The van der Waals surface area contributed by atoms with Gasteiger partial charge in [-0.15, -0.1) is 17.0 Å². The zero-order valence-electron chi connectivity index (χ0n) is 13.4. The number of hydrogen-bond donors (Lipinski definition) is 1. The molecule has 1 aromatic rings. The summed E-state index contributed by atoms with van der Waals surface area (Å²) in [5, 5.41) is 10.6. The highest BCUT2D eigenvalue weighted by molar-refractivity contribution is 8.93. The van der Waals surface area contributed by atoms with Crippen LogP contribution in [0.15, 0.2) is 23.8 Å². The van der Waals surface area contributed by atoms with Gasteiger partial charge in [-0.1, -0.05) is 12.1 Å². The molecule has 5 rings (SSSR count). The third kappa shape index (κ3) is 1.68. The van der Waals surface area contributed by atoms with E-state index in [0.29, 0.717) is 12.5 Å². The van der Waals surface area contributed by atoms with Crippen LogP contribution < -0.4 is 9.47 Å². The first kappa shape index (κ1) is 15.5. The fraction of sp³-hybridized carbons (Fsp3) is 0.556. The number of aliphatic hydroxyl groups is 1. The second kappa shape index (κ2) is 4.98. The van der Waals surface area contributed by atoms with Crippen molar-refractivity contribution in [3.8, 4) is 11.5 Å². The summed E-state index contributed by atoms with van der Waals surface area (Å²) >= 11 is 0. The number of methoxy groups -OCH3 is 1. The average molecular weight is 380 g/mol. The van der Waals surface area contributed by atoms with Crippen molar-refractivity contribution in [2.75, 3.05) is 20.7 Å². The second-order valence-electron chi connectivity index (χ2n) is 7.05. The van der Waals surface area contributed by atoms with E-state index < -0.39 is 6.10 Å². The molecule has 1 spiro atoms. The van der Waals surface area contributed by atoms with Crippen LogP contribution in [0.2, 0.25) is 0 Å². The molecule has 1 N–H and O–H groups in total. The molecule has 0 saturated carbocycles. The molecule has 1 aromatic carbocycles. The van der Waals surface area contributed by atoms with E-state index >= 15 is 0 Å². The van der Waals surface area contributed by atoms with Gasteiger partial charge in [0, 0.05) is 11.6 Å². The molecule has 4 unspecified atom stereocenters. The van der Waals surface area contributed by atoms with Crippen molar-refractivity contribution in [3.63, 3.8) is 0 Å². The van der Waals surface area contributed by atoms with Crippen molar-refractivity contribution in [1.82, 2.24) is 4.90 Å². The van der Waals surface area contributed by atoms with Gasteiger partial charge in [0.25, 0.3) is 0 Å². The van der Waals surface area contributed by atoms with Gasteiger partial charge in [0.15, 0.2) is 11.5 Å². The first-order valence-corrected chi connectivity index (χ1v) is 8.12. The molecular weight excluding hydrogens is 358 g/mol. The smallest absolute Gasteiger partial charge is 0.166 e. The van der Waals surface area contributed by atoms with Crippen molar-refractivity contribution in [2.24, 2.45) is 0 Å². The fourth-order valence-electron chi connectivity index (χ4n) is 5.25. The van der Waals surface area contributed by atoms with Crippen LogP contribution in [0.5, 0.6) is 11.5 Å². The van der Waals surface area contributed by atoms with Crippen LogP contribution in [0.25, 0.3) is 0 Å². The molecule has 4 nitrogen and oxygen atoms in total. The SMILES string of the molecule is Br.COc1ccc2c3c1OC1C(O)CC=C4C(C2)N(C)CCC431. The topological polar surface area (TPSA) is 41.9 Å². The Morgan fingerprint density at radius 1 is 1.39 bits per heavy atom. The fourth-order valence-corrected chi connectivity index (χ4v) is 5.25. The van der Waals surface area contributed by atoms with Gasteiger partial charge in [-0.05, 0) is 50.1 Å². The maximum absolute atomic E-state index is 10.6. The van der Waals surface area contributed by atoms with Gasteiger partial charge < -0.3 is 14.6 Å². The van der Waals surface area contributed by atoms with Crippen molar-refractivity contribution in [1.29, 1.82) is 0 Å². The second-order valence-corrected chi connectivity index (χ2v) is 7.05. The lowest BCUT2D eigenvalue weighted by atomic mass is 9.56. The van der Waals surface area contributed by atoms with Crippen molar-refractivity contribution in [2.45, 2.75) is 42.9 Å². The van der Waals surface area contributed by atoms with Gasteiger partial charge in [0.1, 0.15) is 6.10 Å². The monoisotopic (exact) mass is 379 g/mol. The molecule has 2 heterocycles. The molecule has 1 saturated heterocycles. The number of benzene rings is 1. The summed E-state index contributed by atoms with van der Waals surface area (Å²) in [6, 6.07) is 4.65. The minimum Gasteiger partial charge on any atom is -0.493 e. The standard InChI is InChI=1S/C18H21NO3.BrH/c1-19-8-7-18-11-4-5-13(20)17(18)22-16-14(21-2)6-3-10(15(16)18)9-12(11)19;/h3-4,6,12-13,17,20H,5,7-9H2,1-2H3;1H. The number of ether oxygens (including phenoxy) is 2. The maximum atomic E-state index is 10.6. The van der Waals surface area contributed by atoms with Gasteiger partial charge in [-0.3, -0.25) is 4.90 Å². The molecule has 0 amide bonds. The normalized spacial score (nSPS) is 36.5. The lowest BCUT2D eigenvalue weighted by Gasteiger charge is -2.54. The molecule has 124 valence electrons. The summed E-state index contributed by atoms with van der Waals surface area (Å²) in [4.78, 5) is 2.46. The number of piperidine rings is 1. The molecular formula is C18H22BrNO3. The van der Waals surface area contributed by atoms with Gasteiger partial charge in [-0.2, -0.15) is 0 Å². The zero-order valence-corrected chi connectivity index (χ0v) is 15.1. The van der Waals surface area contributed by atoms with Gasteiger partial charge in [-0.25, -0.2) is 0 Å². The predicted octanol–water partition coefficient (Wildman–Crippen LogP) is 2.22. The van der Waals surface area contributed by atoms with E-state index in [1.807, 2.05) is 6.07 Å². The average Bonchev–Trinajstić information content (AvgIpc) is 2.88. The number of nitrogens with zero attached hydrogens (tertiary/aromatic N) is 1. The number of halogens is 1. The lowest BCUT2D eigenvalue weighted by molar-refractivity contribution is -0.0124. The van der Waals surface area contributed by atoms with E-state index in [1.54, 1.807) is 7.11 Å². The molecule has 0 radical (unpaired) electrons. The summed E-state index contributed by atoms with van der Waals surface area (Å²) in [7, 11) is 3.90. The Morgan fingerprint density at radius 2 is 2.22 bits per heavy atom. The van der Waals surface area contributed by atoms with Crippen molar-refractivity contribution in [3.05, 3.63) is 34.9 Å². The molecule has 0 aromatic heterocycles. The van der Waals surface area contributed by atoms with Gasteiger partial charge in [0.2, 0.25) is 0 Å². The van der Waals surface area contributed by atoms with E-state index in [0.717, 1.165) is 30.9 Å². The number of rotatable bonds is 1. The Labute approximate surface area is 146 Å². The zero-order chi connectivity index (χ0) is 15.1. The Hall–Kier alpha value is -1.04. The molecule has 1 fully saturated rings. The van der Waals surface area contributed by atoms with Crippen molar-refractivity contribution < 1.29 is 14.6 Å². The molecule has 2 aliphatic carbocycles. The molecule has 2 aliphatic heterocycles. The third-order valence-corrected chi connectivity index (χ3v) is 6.21. The van der Waals surface area contributed by atoms with E-state index in [2.05, 4.69) is 24.1 Å². The number of likely N-dealkylation sites (tertiary alicyclic amines) is 1. The molecule has 23 heavy (non-hydrogen) atoms. The summed E-state index contributed by atoms with van der Waals surface area (Å²) in [6.07, 6.45) is 4.42. The number of aliphatic hydroxyl groups excluding tert-OH is 1. The summed E-state index contributed by atoms with van der Waals surface area (Å²) in [5.74, 6) is 1.67. The van der Waals surface area contributed by atoms with Crippen LogP contribution in [0, 0.1) is 0 Å². The van der Waals surface area contributed by atoms with Crippen LogP contribution >= 0.6 is 17.0 Å². The van der Waals surface area contributed by atoms with Crippen LogP contribution in [0.4, 0.5) is 0 Å². The first-order chi connectivity index (χ1) is 10.7. The highest BCUT2D eigenvalue weighted by Crippen LogP contribution is 2.62. The van der Waals surface area contributed by atoms with Crippen molar-refractivity contribution >= 4 is 17.0 Å². The molecule has 5 heteroatoms. The van der Waals surface area contributed by atoms with Gasteiger partial charge >= 0.3 is 0 Å². The third-order valence-electron chi connectivity index (χ3n) is 6.21. The maximum Gasteiger partial charge on any atom is 0.166 e. The Kier molecular flexibility index (Phi) is 3.35. The number of hydrogen-bond acceptors (Lipinski definition) is 4. The quantitative estimate of drug-likeness (QED) is 0.759. The minimum atomic E-state index is -0.434. The van der Waals surface area contributed by atoms with Crippen LogP contribution in [-0.2, 0) is 11.8 Å². The molecule has 2 bridgehead atoms. The lowest BCUT2D eigenvalue weighted by Crippen LogP contribution is -2.61. The Balaban J connectivity index is 0.00000135. The minimum absolute atomic E-state index is 0. The molecule has 4 aliphatic rings. The largest absolute Gasteiger partial charge is 0.493 e. The van der Waals surface area contributed by atoms with Crippen LogP contribution in [0.3, 0.4) is 0 Å². The van der Waals surface area contributed by atoms with E-state index in [4.69, 9.17) is 9.47 Å². The first-order valence-electron chi connectivity index (χ1n) is 8.12. The van der Waals surface area contributed by atoms with E-state index in [9.17, 15) is 5.11 Å². The predicted molar refractivity (Wildman–Crippen MR) is 92.9 cm³/mol.